The second-order valence-corrected chi connectivity index (χ2v) is 8.44. The maximum Gasteiger partial charge on any atom is 0.263 e. The van der Waals surface area contributed by atoms with Crippen molar-refractivity contribution in [1.82, 2.24) is 15.4 Å². The van der Waals surface area contributed by atoms with Crippen LogP contribution >= 0.6 is 23.1 Å². The largest absolute Gasteiger partial charge is 0.355 e. The van der Waals surface area contributed by atoms with Crippen LogP contribution in [0.1, 0.15) is 26.4 Å². The van der Waals surface area contributed by atoms with Crippen LogP contribution in [0.2, 0.25) is 0 Å². The van der Waals surface area contributed by atoms with Gasteiger partial charge in [-0.05, 0) is 6.92 Å². The monoisotopic (exact) mass is 436 g/mol. The summed E-state index contributed by atoms with van der Waals surface area (Å²) >= 11 is 2.49. The molecular weight excluding hydrogens is 420 g/mol. The molecule has 0 spiro atoms. The molecule has 0 saturated carbocycles. The Kier molecular flexibility index (Phi) is 6.01. The van der Waals surface area contributed by atoms with Crippen LogP contribution in [-0.4, -0.2) is 32.8 Å². The van der Waals surface area contributed by atoms with Crippen LogP contribution < -0.4 is 5.32 Å². The minimum absolute atomic E-state index is 0.00832. The van der Waals surface area contributed by atoms with Crippen molar-refractivity contribution in [2.75, 3.05) is 11.1 Å². The maximum atomic E-state index is 12.8. The third kappa shape index (κ3) is 4.47. The molecule has 0 saturated heterocycles. The summed E-state index contributed by atoms with van der Waals surface area (Å²) in [5.74, 6) is 0.281. The number of carbonyl (C=O) groups is 2. The second kappa shape index (κ2) is 9.02. The first-order chi connectivity index (χ1) is 14.6. The van der Waals surface area contributed by atoms with Crippen molar-refractivity contribution in [2.45, 2.75) is 11.3 Å². The van der Waals surface area contributed by atoms with Gasteiger partial charge in [0.1, 0.15) is 5.56 Å². The van der Waals surface area contributed by atoms with Crippen molar-refractivity contribution in [2.24, 2.45) is 0 Å². The average molecular weight is 437 g/mol. The van der Waals surface area contributed by atoms with E-state index < -0.39 is 0 Å². The molecule has 2 heterocycles. The molecule has 0 unspecified atom stereocenters. The number of amides is 1. The molecule has 7 nitrogen and oxygen atoms in total. The molecule has 1 N–H and O–H groups in total. The zero-order valence-corrected chi connectivity index (χ0v) is 17.5. The van der Waals surface area contributed by atoms with E-state index in [1.54, 1.807) is 19.1 Å². The van der Waals surface area contributed by atoms with Gasteiger partial charge in [0.25, 0.3) is 5.91 Å². The van der Waals surface area contributed by atoms with Crippen molar-refractivity contribution >= 4 is 39.9 Å². The van der Waals surface area contributed by atoms with E-state index in [9.17, 15) is 9.59 Å². The predicted octanol–water partition coefficient (Wildman–Crippen LogP) is 4.73. The SMILES string of the molecule is Cc1noc(-c2ccccc2)c1C(=O)Nc1nnc(SCC(=O)c2ccccc2)s1. The predicted molar refractivity (Wildman–Crippen MR) is 116 cm³/mol. The summed E-state index contributed by atoms with van der Waals surface area (Å²) in [6.07, 6.45) is 0. The highest BCUT2D eigenvalue weighted by Gasteiger charge is 2.23. The van der Waals surface area contributed by atoms with Crippen LogP contribution in [0, 0.1) is 6.92 Å². The molecule has 150 valence electrons. The number of Topliss-reactive ketones (excluding diaryl/α,β-unsaturated/α-hetero) is 1. The van der Waals surface area contributed by atoms with E-state index in [1.807, 2.05) is 48.5 Å². The number of carbonyl (C=O) groups excluding carboxylic acids is 2. The fourth-order valence-electron chi connectivity index (χ4n) is 2.74. The highest BCUT2D eigenvalue weighted by Crippen LogP contribution is 2.29. The number of thioether (sulfide) groups is 1. The fraction of sp³-hybridized carbons (Fsp3) is 0.0952. The molecular formula is C21H16N4O3S2. The summed E-state index contributed by atoms with van der Waals surface area (Å²) in [5.41, 5.74) is 2.25. The summed E-state index contributed by atoms with van der Waals surface area (Å²) in [6.45, 7) is 1.71. The van der Waals surface area contributed by atoms with Gasteiger partial charge in [-0.1, -0.05) is 88.9 Å². The molecule has 1 amide bonds. The van der Waals surface area contributed by atoms with Gasteiger partial charge in [0.15, 0.2) is 15.9 Å². The number of aryl methyl sites for hydroxylation is 1. The molecule has 30 heavy (non-hydrogen) atoms. The summed E-state index contributed by atoms with van der Waals surface area (Å²) in [4.78, 5) is 25.0. The molecule has 0 radical (unpaired) electrons. The number of hydrogen-bond acceptors (Lipinski definition) is 8. The molecule has 2 aromatic heterocycles. The Hall–Kier alpha value is -3.30. The molecule has 0 aliphatic heterocycles. The van der Waals surface area contributed by atoms with Crippen LogP contribution in [0.15, 0.2) is 69.5 Å². The Labute approximate surface area is 180 Å². The lowest BCUT2D eigenvalue weighted by atomic mass is 10.1. The summed E-state index contributed by atoms with van der Waals surface area (Å²) in [6, 6.07) is 18.4. The number of hydrogen-bond donors (Lipinski definition) is 1. The molecule has 9 heteroatoms. The van der Waals surface area contributed by atoms with Crippen molar-refractivity contribution in [3.8, 4) is 11.3 Å². The zero-order chi connectivity index (χ0) is 20.9. The quantitative estimate of drug-likeness (QED) is 0.254. The van der Waals surface area contributed by atoms with Crippen molar-refractivity contribution < 1.29 is 14.1 Å². The van der Waals surface area contributed by atoms with Gasteiger partial charge >= 0.3 is 0 Å². The molecule has 0 atom stereocenters. The number of nitrogens with one attached hydrogen (secondary N) is 1. The lowest BCUT2D eigenvalue weighted by molar-refractivity contribution is 0.101. The summed E-state index contributed by atoms with van der Waals surface area (Å²) in [5, 5.41) is 15.1. The van der Waals surface area contributed by atoms with E-state index in [4.69, 9.17) is 4.52 Å². The first-order valence-electron chi connectivity index (χ1n) is 8.99. The van der Waals surface area contributed by atoms with Gasteiger partial charge in [-0.25, -0.2) is 0 Å². The molecule has 0 aliphatic rings. The number of anilines is 1. The highest BCUT2D eigenvalue weighted by molar-refractivity contribution is 8.01. The highest BCUT2D eigenvalue weighted by atomic mass is 32.2. The Morgan fingerprint density at radius 2 is 1.73 bits per heavy atom. The standard InChI is InChI=1S/C21H16N4O3S2/c1-13-17(18(28-25-13)15-10-6-3-7-11-15)19(27)22-20-23-24-21(30-20)29-12-16(26)14-8-4-2-5-9-14/h2-11H,12H2,1H3,(H,22,23,27). The average Bonchev–Trinajstić information content (AvgIpc) is 3.39. The van der Waals surface area contributed by atoms with E-state index in [-0.39, 0.29) is 17.4 Å². The topological polar surface area (TPSA) is 98.0 Å². The van der Waals surface area contributed by atoms with E-state index >= 15 is 0 Å². The van der Waals surface area contributed by atoms with Gasteiger partial charge in [-0.2, -0.15) is 0 Å². The molecule has 0 aliphatic carbocycles. The van der Waals surface area contributed by atoms with Crippen molar-refractivity contribution in [1.29, 1.82) is 0 Å². The van der Waals surface area contributed by atoms with Gasteiger partial charge in [-0.3, -0.25) is 14.9 Å². The molecule has 2 aromatic carbocycles. The zero-order valence-electron chi connectivity index (χ0n) is 15.9. The smallest absolute Gasteiger partial charge is 0.263 e. The molecule has 0 fully saturated rings. The molecule has 4 aromatic rings. The Balaban J connectivity index is 1.43. The molecule has 4 rings (SSSR count). The van der Waals surface area contributed by atoms with Crippen LogP contribution in [0.4, 0.5) is 5.13 Å². The van der Waals surface area contributed by atoms with E-state index in [2.05, 4.69) is 20.7 Å². The first-order valence-corrected chi connectivity index (χ1v) is 10.8. The number of benzene rings is 2. The van der Waals surface area contributed by atoms with Crippen LogP contribution in [0.3, 0.4) is 0 Å². The number of ketones is 1. The Morgan fingerprint density at radius 3 is 2.47 bits per heavy atom. The number of rotatable bonds is 7. The third-order valence-electron chi connectivity index (χ3n) is 4.18. The fourth-order valence-corrected chi connectivity index (χ4v) is 4.38. The normalized spacial score (nSPS) is 10.7. The van der Waals surface area contributed by atoms with E-state index in [0.29, 0.717) is 32.1 Å². The van der Waals surface area contributed by atoms with Gasteiger partial charge in [0.2, 0.25) is 5.13 Å². The van der Waals surface area contributed by atoms with Crippen molar-refractivity contribution in [3.63, 3.8) is 0 Å². The van der Waals surface area contributed by atoms with Gasteiger partial charge < -0.3 is 4.52 Å². The van der Waals surface area contributed by atoms with Gasteiger partial charge in [0.05, 0.1) is 11.4 Å². The maximum absolute atomic E-state index is 12.8. The minimum Gasteiger partial charge on any atom is -0.355 e. The van der Waals surface area contributed by atoms with E-state index in [0.717, 1.165) is 5.56 Å². The lowest BCUT2D eigenvalue weighted by Gasteiger charge is -2.02. The van der Waals surface area contributed by atoms with Crippen LogP contribution in [-0.2, 0) is 0 Å². The van der Waals surface area contributed by atoms with Crippen molar-refractivity contribution in [3.05, 3.63) is 77.5 Å². The van der Waals surface area contributed by atoms with Gasteiger partial charge in [0, 0.05) is 11.1 Å². The molecule has 0 bridgehead atoms. The van der Waals surface area contributed by atoms with Gasteiger partial charge in [-0.15, -0.1) is 10.2 Å². The third-order valence-corrected chi connectivity index (χ3v) is 6.15. The first kappa shape index (κ1) is 20.0. The summed E-state index contributed by atoms with van der Waals surface area (Å²) < 4.78 is 5.96. The minimum atomic E-state index is -0.374. The Bertz CT molecular complexity index is 1170. The lowest BCUT2D eigenvalue weighted by Crippen LogP contribution is -2.13. The summed E-state index contributed by atoms with van der Waals surface area (Å²) in [7, 11) is 0. The van der Waals surface area contributed by atoms with Crippen LogP contribution in [0.25, 0.3) is 11.3 Å². The Morgan fingerprint density at radius 1 is 1.03 bits per heavy atom. The second-order valence-electron chi connectivity index (χ2n) is 6.24. The number of aromatic nitrogens is 3. The van der Waals surface area contributed by atoms with E-state index in [1.165, 1.54) is 23.1 Å². The number of nitrogens with zero attached hydrogens (tertiary/aromatic N) is 3. The van der Waals surface area contributed by atoms with Crippen LogP contribution in [0.5, 0.6) is 0 Å².